The van der Waals surface area contributed by atoms with Crippen LogP contribution in [-0.2, 0) is 11.2 Å². The highest BCUT2D eigenvalue weighted by atomic mass is 16.1. The largest absolute Gasteiger partial charge is 0.299 e. The number of rotatable bonds is 6. The van der Waals surface area contributed by atoms with E-state index in [0.717, 1.165) is 12.0 Å². The van der Waals surface area contributed by atoms with E-state index in [9.17, 15) is 4.79 Å². The van der Waals surface area contributed by atoms with E-state index in [1.54, 1.807) is 0 Å². The van der Waals surface area contributed by atoms with Gasteiger partial charge in [-0.3, -0.25) is 4.79 Å². The van der Waals surface area contributed by atoms with E-state index in [1.807, 2.05) is 48.5 Å². The standard InChI is InChI=1S/C18H19O/c1-2-17(16-11-7-4-8-12-16)18(19)14-13-15-9-5-3-6-10-15/h3-12,17H,1-2,13-14H2. The SMILES string of the molecule is [CH2]CC(C(=O)CCc1ccccc1)c1ccccc1. The molecular formula is C18H19O. The summed E-state index contributed by atoms with van der Waals surface area (Å²) < 4.78 is 0. The topological polar surface area (TPSA) is 17.1 Å². The fourth-order valence-electron chi connectivity index (χ4n) is 2.29. The Hall–Kier alpha value is -1.89. The summed E-state index contributed by atoms with van der Waals surface area (Å²) in [4.78, 5) is 12.3. The van der Waals surface area contributed by atoms with Crippen LogP contribution in [-0.4, -0.2) is 5.78 Å². The molecule has 1 radical (unpaired) electrons. The highest BCUT2D eigenvalue weighted by Gasteiger charge is 2.17. The van der Waals surface area contributed by atoms with Crippen LogP contribution in [0.4, 0.5) is 0 Å². The normalized spacial score (nSPS) is 12.1. The Morgan fingerprint density at radius 3 is 2.11 bits per heavy atom. The van der Waals surface area contributed by atoms with Gasteiger partial charge in [-0.1, -0.05) is 67.6 Å². The van der Waals surface area contributed by atoms with E-state index < -0.39 is 0 Å². The fraction of sp³-hybridized carbons (Fsp3) is 0.222. The van der Waals surface area contributed by atoms with Crippen LogP contribution in [0.25, 0.3) is 0 Å². The number of hydrogen-bond acceptors (Lipinski definition) is 1. The molecule has 0 aromatic heterocycles. The number of Topliss-reactive ketones (excluding diaryl/α,β-unsaturated/α-hetero) is 1. The van der Waals surface area contributed by atoms with Gasteiger partial charge in [-0.05, 0) is 24.0 Å². The number of carbonyl (C=O) groups excluding carboxylic acids is 1. The third-order valence-corrected chi connectivity index (χ3v) is 3.38. The lowest BCUT2D eigenvalue weighted by Crippen LogP contribution is -2.12. The van der Waals surface area contributed by atoms with Crippen LogP contribution in [0.1, 0.15) is 29.9 Å². The van der Waals surface area contributed by atoms with Gasteiger partial charge in [-0.15, -0.1) is 0 Å². The molecule has 1 nitrogen and oxygen atoms in total. The first-order chi connectivity index (χ1) is 9.31. The second-order valence-electron chi connectivity index (χ2n) is 4.70. The van der Waals surface area contributed by atoms with Crippen molar-refractivity contribution >= 4 is 5.78 Å². The molecule has 0 aliphatic rings. The number of ketones is 1. The van der Waals surface area contributed by atoms with E-state index in [2.05, 4.69) is 19.1 Å². The molecule has 0 saturated heterocycles. The van der Waals surface area contributed by atoms with Gasteiger partial charge >= 0.3 is 0 Å². The number of benzene rings is 2. The molecule has 2 aromatic carbocycles. The highest BCUT2D eigenvalue weighted by molar-refractivity contribution is 5.86. The third-order valence-electron chi connectivity index (χ3n) is 3.38. The Bertz CT molecular complexity index is 502. The molecule has 2 aromatic rings. The van der Waals surface area contributed by atoms with Gasteiger partial charge in [0.2, 0.25) is 0 Å². The van der Waals surface area contributed by atoms with Crippen molar-refractivity contribution in [3.63, 3.8) is 0 Å². The molecule has 2 rings (SSSR count). The molecule has 1 atom stereocenters. The maximum Gasteiger partial charge on any atom is 0.140 e. The van der Waals surface area contributed by atoms with E-state index in [-0.39, 0.29) is 11.7 Å². The Morgan fingerprint density at radius 2 is 1.53 bits per heavy atom. The van der Waals surface area contributed by atoms with Crippen molar-refractivity contribution in [3.05, 3.63) is 78.7 Å². The first kappa shape index (κ1) is 13.5. The average Bonchev–Trinajstić information content (AvgIpc) is 2.48. The van der Waals surface area contributed by atoms with Gasteiger partial charge < -0.3 is 0 Å². The third kappa shape index (κ3) is 3.78. The summed E-state index contributed by atoms with van der Waals surface area (Å²) in [5.41, 5.74) is 2.29. The van der Waals surface area contributed by atoms with E-state index in [4.69, 9.17) is 0 Å². The van der Waals surface area contributed by atoms with Crippen molar-refractivity contribution < 1.29 is 4.79 Å². The van der Waals surface area contributed by atoms with Gasteiger partial charge in [0.1, 0.15) is 5.78 Å². The van der Waals surface area contributed by atoms with Crippen LogP contribution in [0.15, 0.2) is 60.7 Å². The first-order valence-electron chi connectivity index (χ1n) is 6.72. The quantitative estimate of drug-likeness (QED) is 0.752. The molecular weight excluding hydrogens is 232 g/mol. The lowest BCUT2D eigenvalue weighted by Gasteiger charge is -2.14. The average molecular weight is 251 g/mol. The van der Waals surface area contributed by atoms with E-state index in [0.29, 0.717) is 12.8 Å². The summed E-state index contributed by atoms with van der Waals surface area (Å²) in [6, 6.07) is 20.1. The molecule has 0 heterocycles. The minimum atomic E-state index is -0.0649. The number of aryl methyl sites for hydroxylation is 1. The zero-order valence-electron chi connectivity index (χ0n) is 11.1. The van der Waals surface area contributed by atoms with Crippen molar-refractivity contribution in [1.82, 2.24) is 0 Å². The Morgan fingerprint density at radius 1 is 0.947 bits per heavy atom. The molecule has 0 spiro atoms. The summed E-state index contributed by atoms with van der Waals surface area (Å²) in [6.45, 7) is 3.92. The summed E-state index contributed by atoms with van der Waals surface area (Å²) in [7, 11) is 0. The van der Waals surface area contributed by atoms with Crippen molar-refractivity contribution in [1.29, 1.82) is 0 Å². The zero-order valence-corrected chi connectivity index (χ0v) is 11.1. The zero-order chi connectivity index (χ0) is 13.5. The molecule has 97 valence electrons. The Kier molecular flexibility index (Phi) is 4.91. The minimum absolute atomic E-state index is 0.0649. The van der Waals surface area contributed by atoms with Crippen molar-refractivity contribution in [2.75, 3.05) is 0 Å². The summed E-state index contributed by atoms with van der Waals surface area (Å²) in [6.07, 6.45) is 2.01. The molecule has 0 saturated carbocycles. The Balaban J connectivity index is 1.98. The summed E-state index contributed by atoms with van der Waals surface area (Å²) >= 11 is 0. The monoisotopic (exact) mass is 251 g/mol. The molecule has 0 aliphatic heterocycles. The molecule has 0 bridgehead atoms. The molecule has 0 N–H and O–H groups in total. The van der Waals surface area contributed by atoms with Gasteiger partial charge in [-0.2, -0.15) is 0 Å². The van der Waals surface area contributed by atoms with Gasteiger partial charge in [-0.25, -0.2) is 0 Å². The Labute approximate surface area is 115 Å². The summed E-state index contributed by atoms with van der Waals surface area (Å²) in [5.74, 6) is 0.218. The van der Waals surface area contributed by atoms with Crippen LogP contribution in [0.5, 0.6) is 0 Å². The van der Waals surface area contributed by atoms with E-state index >= 15 is 0 Å². The van der Waals surface area contributed by atoms with Gasteiger partial charge in [0.15, 0.2) is 0 Å². The minimum Gasteiger partial charge on any atom is -0.299 e. The molecule has 19 heavy (non-hydrogen) atoms. The predicted molar refractivity (Wildman–Crippen MR) is 78.9 cm³/mol. The highest BCUT2D eigenvalue weighted by Crippen LogP contribution is 2.22. The van der Waals surface area contributed by atoms with Crippen molar-refractivity contribution in [3.8, 4) is 0 Å². The maximum absolute atomic E-state index is 12.3. The van der Waals surface area contributed by atoms with Crippen LogP contribution in [0.2, 0.25) is 0 Å². The first-order valence-corrected chi connectivity index (χ1v) is 6.72. The summed E-state index contributed by atoms with van der Waals surface area (Å²) in [5, 5.41) is 0. The fourth-order valence-corrected chi connectivity index (χ4v) is 2.29. The molecule has 1 unspecified atom stereocenters. The molecule has 0 fully saturated rings. The molecule has 1 heteroatoms. The smallest absolute Gasteiger partial charge is 0.140 e. The molecule has 0 amide bonds. The lowest BCUT2D eigenvalue weighted by atomic mass is 9.89. The van der Waals surface area contributed by atoms with Crippen molar-refractivity contribution in [2.24, 2.45) is 0 Å². The second kappa shape index (κ2) is 6.89. The van der Waals surface area contributed by atoms with Crippen LogP contribution < -0.4 is 0 Å². The van der Waals surface area contributed by atoms with E-state index in [1.165, 1.54) is 5.56 Å². The van der Waals surface area contributed by atoms with Crippen molar-refractivity contribution in [2.45, 2.75) is 25.2 Å². The van der Waals surface area contributed by atoms with Gasteiger partial charge in [0.05, 0.1) is 0 Å². The van der Waals surface area contributed by atoms with Gasteiger partial charge in [0, 0.05) is 12.3 Å². The lowest BCUT2D eigenvalue weighted by molar-refractivity contribution is -0.120. The van der Waals surface area contributed by atoms with Gasteiger partial charge in [0.25, 0.3) is 0 Å². The maximum atomic E-state index is 12.3. The van der Waals surface area contributed by atoms with Crippen LogP contribution >= 0.6 is 0 Å². The molecule has 0 aliphatic carbocycles. The number of carbonyl (C=O) groups is 1. The van der Waals surface area contributed by atoms with Crippen LogP contribution in [0, 0.1) is 6.92 Å². The second-order valence-corrected chi connectivity index (χ2v) is 4.70. The number of hydrogen-bond donors (Lipinski definition) is 0. The predicted octanol–water partition coefficient (Wildman–Crippen LogP) is 4.20. The van der Waals surface area contributed by atoms with Crippen LogP contribution in [0.3, 0.4) is 0 Å².